The van der Waals surface area contributed by atoms with Crippen LogP contribution in [0.3, 0.4) is 0 Å². The van der Waals surface area contributed by atoms with Crippen molar-refractivity contribution >= 4 is 0 Å². The molecule has 1 aromatic carbocycles. The zero-order valence-corrected chi connectivity index (χ0v) is 8.40. The highest BCUT2D eigenvalue weighted by Gasteiger charge is 2.05. The number of hydrogen-bond acceptors (Lipinski definition) is 3. The number of aromatic nitrogens is 3. The van der Waals surface area contributed by atoms with Crippen molar-refractivity contribution in [2.45, 2.75) is 13.1 Å². The van der Waals surface area contributed by atoms with Crippen molar-refractivity contribution in [3.63, 3.8) is 0 Å². The fourth-order valence-electron chi connectivity index (χ4n) is 1.45. The van der Waals surface area contributed by atoms with Crippen LogP contribution < -0.4 is 5.73 Å². The van der Waals surface area contributed by atoms with Gasteiger partial charge >= 0.3 is 0 Å². The Hall–Kier alpha value is -1.82. The molecule has 0 radical (unpaired) electrons. The molecule has 6 heteroatoms. The fourth-order valence-corrected chi connectivity index (χ4v) is 1.45. The van der Waals surface area contributed by atoms with Crippen molar-refractivity contribution < 1.29 is 8.78 Å². The monoisotopic (exact) mass is 224 g/mol. The van der Waals surface area contributed by atoms with Crippen molar-refractivity contribution in [3.05, 3.63) is 47.5 Å². The van der Waals surface area contributed by atoms with Gasteiger partial charge in [-0.15, -0.1) is 0 Å². The van der Waals surface area contributed by atoms with Crippen LogP contribution in [-0.4, -0.2) is 14.8 Å². The summed E-state index contributed by atoms with van der Waals surface area (Å²) in [6.07, 6.45) is 1.36. The summed E-state index contributed by atoms with van der Waals surface area (Å²) < 4.78 is 27.4. The van der Waals surface area contributed by atoms with Gasteiger partial charge in [-0.25, -0.2) is 18.4 Å². The van der Waals surface area contributed by atoms with E-state index in [4.69, 9.17) is 5.73 Å². The topological polar surface area (TPSA) is 56.7 Å². The molecule has 0 amide bonds. The number of rotatable bonds is 3. The molecular weight excluding hydrogens is 214 g/mol. The Morgan fingerprint density at radius 2 is 1.88 bits per heavy atom. The minimum atomic E-state index is -0.607. The zero-order valence-electron chi connectivity index (χ0n) is 8.40. The SMILES string of the molecule is NCc1ncnn1Cc1cc(F)cc(F)c1. The maximum atomic E-state index is 12.9. The smallest absolute Gasteiger partial charge is 0.140 e. The highest BCUT2D eigenvalue weighted by atomic mass is 19.1. The average Bonchev–Trinajstić information content (AvgIpc) is 2.63. The van der Waals surface area contributed by atoms with Gasteiger partial charge in [0.25, 0.3) is 0 Å². The molecule has 1 heterocycles. The molecule has 1 aromatic heterocycles. The molecule has 0 spiro atoms. The van der Waals surface area contributed by atoms with Crippen LogP contribution in [0.4, 0.5) is 8.78 Å². The highest BCUT2D eigenvalue weighted by Crippen LogP contribution is 2.09. The maximum Gasteiger partial charge on any atom is 0.140 e. The third-order valence-corrected chi connectivity index (χ3v) is 2.13. The molecule has 0 aliphatic heterocycles. The lowest BCUT2D eigenvalue weighted by atomic mass is 10.2. The third kappa shape index (κ3) is 2.22. The van der Waals surface area contributed by atoms with Gasteiger partial charge in [-0.05, 0) is 17.7 Å². The van der Waals surface area contributed by atoms with E-state index in [2.05, 4.69) is 10.1 Å². The first kappa shape index (κ1) is 10.7. The minimum Gasteiger partial charge on any atom is -0.324 e. The lowest BCUT2D eigenvalue weighted by Crippen LogP contribution is -2.11. The largest absolute Gasteiger partial charge is 0.324 e. The molecule has 0 saturated carbocycles. The summed E-state index contributed by atoms with van der Waals surface area (Å²) in [7, 11) is 0. The van der Waals surface area contributed by atoms with E-state index in [0.717, 1.165) is 6.07 Å². The summed E-state index contributed by atoms with van der Waals surface area (Å²) in [4.78, 5) is 3.92. The van der Waals surface area contributed by atoms with E-state index in [0.29, 0.717) is 11.4 Å². The summed E-state index contributed by atoms with van der Waals surface area (Å²) in [6.45, 7) is 0.485. The first-order chi connectivity index (χ1) is 7.69. The second-order valence-corrected chi connectivity index (χ2v) is 3.32. The minimum absolute atomic E-state index is 0.234. The Morgan fingerprint density at radius 3 is 2.50 bits per heavy atom. The number of halogens is 2. The molecule has 0 bridgehead atoms. The van der Waals surface area contributed by atoms with Gasteiger partial charge < -0.3 is 5.73 Å². The fraction of sp³-hybridized carbons (Fsp3) is 0.200. The number of nitrogens with zero attached hydrogens (tertiary/aromatic N) is 3. The van der Waals surface area contributed by atoms with E-state index in [9.17, 15) is 8.78 Å². The van der Waals surface area contributed by atoms with Crippen LogP contribution in [0.5, 0.6) is 0 Å². The predicted molar refractivity (Wildman–Crippen MR) is 53.4 cm³/mol. The summed E-state index contributed by atoms with van der Waals surface area (Å²) in [5.74, 6) is -0.640. The van der Waals surface area contributed by atoms with E-state index in [1.165, 1.54) is 23.1 Å². The summed E-state index contributed by atoms with van der Waals surface area (Å²) in [5.41, 5.74) is 5.92. The van der Waals surface area contributed by atoms with Gasteiger partial charge in [-0.3, -0.25) is 0 Å². The van der Waals surface area contributed by atoms with E-state index in [-0.39, 0.29) is 13.1 Å². The molecule has 4 nitrogen and oxygen atoms in total. The Balaban J connectivity index is 2.26. The van der Waals surface area contributed by atoms with Crippen molar-refractivity contribution in [3.8, 4) is 0 Å². The van der Waals surface area contributed by atoms with Crippen LogP contribution in [0, 0.1) is 11.6 Å². The second kappa shape index (κ2) is 4.36. The standard InChI is InChI=1S/C10H10F2N4/c11-8-1-7(2-9(12)3-8)5-16-10(4-13)14-6-15-16/h1-3,6H,4-5,13H2. The van der Waals surface area contributed by atoms with Crippen molar-refractivity contribution in [1.29, 1.82) is 0 Å². The van der Waals surface area contributed by atoms with Gasteiger partial charge in [0, 0.05) is 6.07 Å². The zero-order chi connectivity index (χ0) is 11.5. The molecule has 0 fully saturated rings. The molecule has 84 valence electrons. The van der Waals surface area contributed by atoms with Gasteiger partial charge in [-0.2, -0.15) is 5.10 Å². The molecule has 2 rings (SSSR count). The van der Waals surface area contributed by atoms with Crippen LogP contribution in [0.2, 0.25) is 0 Å². The van der Waals surface area contributed by atoms with E-state index < -0.39 is 11.6 Å². The molecule has 2 aromatic rings. The quantitative estimate of drug-likeness (QED) is 0.848. The summed E-state index contributed by atoms with van der Waals surface area (Å²) in [6, 6.07) is 3.34. The number of nitrogens with two attached hydrogens (primary N) is 1. The van der Waals surface area contributed by atoms with E-state index in [1.807, 2.05) is 0 Å². The van der Waals surface area contributed by atoms with Crippen LogP contribution in [0.15, 0.2) is 24.5 Å². The molecule has 0 unspecified atom stereocenters. The molecule has 0 aliphatic rings. The normalized spacial score (nSPS) is 10.7. The molecule has 0 aliphatic carbocycles. The van der Waals surface area contributed by atoms with Gasteiger partial charge in [0.05, 0.1) is 13.1 Å². The van der Waals surface area contributed by atoms with Crippen molar-refractivity contribution in [2.75, 3.05) is 0 Å². The summed E-state index contributed by atoms with van der Waals surface area (Å²) >= 11 is 0. The number of hydrogen-bond donors (Lipinski definition) is 1. The average molecular weight is 224 g/mol. The summed E-state index contributed by atoms with van der Waals surface area (Å²) in [5, 5.41) is 3.92. The van der Waals surface area contributed by atoms with Crippen LogP contribution in [-0.2, 0) is 13.1 Å². The highest BCUT2D eigenvalue weighted by molar-refractivity contribution is 5.18. The molecule has 16 heavy (non-hydrogen) atoms. The van der Waals surface area contributed by atoms with Gasteiger partial charge in [-0.1, -0.05) is 0 Å². The van der Waals surface area contributed by atoms with Gasteiger partial charge in [0.15, 0.2) is 0 Å². The van der Waals surface area contributed by atoms with Crippen molar-refractivity contribution in [2.24, 2.45) is 5.73 Å². The molecule has 0 saturated heterocycles. The van der Waals surface area contributed by atoms with Crippen LogP contribution in [0.1, 0.15) is 11.4 Å². The van der Waals surface area contributed by atoms with Gasteiger partial charge in [0.2, 0.25) is 0 Å². The Kier molecular flexibility index (Phi) is 2.91. The number of benzene rings is 1. The Morgan fingerprint density at radius 1 is 1.19 bits per heavy atom. The molecular formula is C10H10F2N4. The van der Waals surface area contributed by atoms with E-state index >= 15 is 0 Å². The second-order valence-electron chi connectivity index (χ2n) is 3.32. The first-order valence-corrected chi connectivity index (χ1v) is 4.71. The van der Waals surface area contributed by atoms with Crippen LogP contribution >= 0.6 is 0 Å². The third-order valence-electron chi connectivity index (χ3n) is 2.13. The first-order valence-electron chi connectivity index (χ1n) is 4.71. The lowest BCUT2D eigenvalue weighted by Gasteiger charge is -2.05. The Labute approximate surface area is 90.7 Å². The Bertz CT molecular complexity index is 475. The maximum absolute atomic E-state index is 12.9. The molecule has 0 atom stereocenters. The molecule has 2 N–H and O–H groups in total. The van der Waals surface area contributed by atoms with E-state index in [1.54, 1.807) is 0 Å². The lowest BCUT2D eigenvalue weighted by molar-refractivity contribution is 0.571. The van der Waals surface area contributed by atoms with Crippen LogP contribution in [0.25, 0.3) is 0 Å². The van der Waals surface area contributed by atoms with Crippen molar-refractivity contribution in [1.82, 2.24) is 14.8 Å². The predicted octanol–water partition coefficient (Wildman–Crippen LogP) is 1.06. The van der Waals surface area contributed by atoms with Gasteiger partial charge in [0.1, 0.15) is 23.8 Å².